The third kappa shape index (κ3) is 7.51. The zero-order valence-corrected chi connectivity index (χ0v) is 11.0. The van der Waals surface area contributed by atoms with E-state index in [1.54, 1.807) is 0 Å². The first-order valence-corrected chi connectivity index (χ1v) is 6.23. The Morgan fingerprint density at radius 1 is 1.31 bits per heavy atom. The molecule has 0 aromatic rings. The molecule has 0 aliphatic heterocycles. The van der Waals surface area contributed by atoms with E-state index < -0.39 is 0 Å². The van der Waals surface area contributed by atoms with Crippen molar-refractivity contribution in [1.29, 1.82) is 0 Å². The number of carbonyl (C=O) groups excluding carboxylic acids is 1. The monoisotopic (exact) mass is 230 g/mol. The van der Waals surface area contributed by atoms with Crippen LogP contribution in [-0.2, 0) is 4.74 Å². The van der Waals surface area contributed by atoms with Crippen LogP contribution < -0.4 is 10.6 Å². The van der Waals surface area contributed by atoms with Gasteiger partial charge in [-0.3, -0.25) is 0 Å². The van der Waals surface area contributed by atoms with E-state index in [0.717, 1.165) is 19.4 Å². The largest absolute Gasteiger partial charge is 0.380 e. The predicted molar refractivity (Wildman–Crippen MR) is 66.6 cm³/mol. The number of hydrogen-bond acceptors (Lipinski definition) is 2. The third-order valence-electron chi connectivity index (χ3n) is 2.44. The molecule has 16 heavy (non-hydrogen) atoms. The zero-order chi connectivity index (χ0) is 12.4. The lowest BCUT2D eigenvalue weighted by atomic mass is 10.1. The van der Waals surface area contributed by atoms with E-state index in [1.165, 1.54) is 0 Å². The average molecular weight is 230 g/mol. The van der Waals surface area contributed by atoms with Crippen LogP contribution in [0.1, 0.15) is 40.5 Å². The summed E-state index contributed by atoms with van der Waals surface area (Å²) < 4.78 is 5.34. The lowest BCUT2D eigenvalue weighted by Gasteiger charge is -2.22. The molecule has 96 valence electrons. The molecule has 0 aromatic heterocycles. The van der Waals surface area contributed by atoms with Crippen LogP contribution in [-0.4, -0.2) is 31.8 Å². The van der Waals surface area contributed by atoms with Gasteiger partial charge in [-0.25, -0.2) is 4.79 Å². The van der Waals surface area contributed by atoms with Crippen molar-refractivity contribution in [2.24, 2.45) is 5.92 Å². The SMILES string of the molecule is CCCCNC(=O)NC(COCC)C(C)C. The molecule has 2 amide bonds. The maximum atomic E-state index is 11.5. The van der Waals surface area contributed by atoms with E-state index in [4.69, 9.17) is 4.74 Å². The standard InChI is InChI=1S/C12H26N2O2/c1-5-7-8-13-12(15)14-11(10(3)4)9-16-6-2/h10-11H,5-9H2,1-4H3,(H2,13,14,15). The Bertz CT molecular complexity index is 184. The molecule has 0 spiro atoms. The Morgan fingerprint density at radius 2 is 2.00 bits per heavy atom. The van der Waals surface area contributed by atoms with Crippen molar-refractivity contribution < 1.29 is 9.53 Å². The highest BCUT2D eigenvalue weighted by atomic mass is 16.5. The van der Waals surface area contributed by atoms with Gasteiger partial charge in [-0.1, -0.05) is 27.2 Å². The van der Waals surface area contributed by atoms with Crippen LogP contribution in [0.15, 0.2) is 0 Å². The maximum Gasteiger partial charge on any atom is 0.315 e. The summed E-state index contributed by atoms with van der Waals surface area (Å²) in [5.74, 6) is 0.378. The molecule has 0 fully saturated rings. The highest BCUT2D eigenvalue weighted by molar-refractivity contribution is 5.74. The van der Waals surface area contributed by atoms with Crippen LogP contribution >= 0.6 is 0 Å². The Morgan fingerprint density at radius 3 is 2.50 bits per heavy atom. The highest BCUT2D eigenvalue weighted by Gasteiger charge is 2.15. The first kappa shape index (κ1) is 15.2. The molecule has 0 saturated heterocycles. The summed E-state index contributed by atoms with van der Waals surface area (Å²) in [6, 6.07) is -0.00608. The van der Waals surface area contributed by atoms with Crippen molar-refractivity contribution in [1.82, 2.24) is 10.6 Å². The molecule has 0 radical (unpaired) electrons. The Balaban J connectivity index is 3.83. The van der Waals surface area contributed by atoms with Gasteiger partial charge in [0.2, 0.25) is 0 Å². The summed E-state index contributed by atoms with van der Waals surface area (Å²) in [5, 5.41) is 5.77. The van der Waals surface area contributed by atoms with Crippen molar-refractivity contribution in [2.75, 3.05) is 19.8 Å². The molecule has 4 nitrogen and oxygen atoms in total. The summed E-state index contributed by atoms with van der Waals surface area (Å²) in [7, 11) is 0. The minimum atomic E-state index is -0.0909. The van der Waals surface area contributed by atoms with Crippen molar-refractivity contribution >= 4 is 6.03 Å². The van der Waals surface area contributed by atoms with E-state index in [-0.39, 0.29) is 12.1 Å². The van der Waals surface area contributed by atoms with Gasteiger partial charge < -0.3 is 15.4 Å². The summed E-state index contributed by atoms with van der Waals surface area (Å²) in [6.45, 7) is 10.2. The lowest BCUT2D eigenvalue weighted by molar-refractivity contribution is 0.110. The van der Waals surface area contributed by atoms with Gasteiger partial charge >= 0.3 is 6.03 Å². The fourth-order valence-corrected chi connectivity index (χ4v) is 1.24. The molecule has 2 N–H and O–H groups in total. The molecule has 0 heterocycles. The van der Waals surface area contributed by atoms with Crippen LogP contribution in [0.2, 0.25) is 0 Å². The van der Waals surface area contributed by atoms with Crippen molar-refractivity contribution in [2.45, 2.75) is 46.6 Å². The molecule has 0 rings (SSSR count). The van der Waals surface area contributed by atoms with Gasteiger partial charge in [-0.2, -0.15) is 0 Å². The molecule has 1 unspecified atom stereocenters. The second kappa shape index (κ2) is 9.46. The van der Waals surface area contributed by atoms with Crippen LogP contribution in [0.5, 0.6) is 0 Å². The van der Waals surface area contributed by atoms with Crippen LogP contribution in [0.4, 0.5) is 4.79 Å². The minimum absolute atomic E-state index is 0.0848. The fraction of sp³-hybridized carbons (Fsp3) is 0.917. The quantitative estimate of drug-likeness (QED) is 0.628. The smallest absolute Gasteiger partial charge is 0.315 e. The van der Waals surface area contributed by atoms with E-state index in [0.29, 0.717) is 19.1 Å². The number of carbonyl (C=O) groups is 1. The van der Waals surface area contributed by atoms with Gasteiger partial charge in [0.25, 0.3) is 0 Å². The minimum Gasteiger partial charge on any atom is -0.380 e. The molecule has 0 saturated carbocycles. The molecule has 0 aliphatic carbocycles. The number of hydrogen-bond donors (Lipinski definition) is 2. The number of ether oxygens (including phenoxy) is 1. The van der Waals surface area contributed by atoms with E-state index in [9.17, 15) is 4.79 Å². The average Bonchev–Trinajstić information content (AvgIpc) is 2.24. The second-order valence-electron chi connectivity index (χ2n) is 4.26. The zero-order valence-electron chi connectivity index (χ0n) is 11.0. The van der Waals surface area contributed by atoms with Crippen molar-refractivity contribution in [3.8, 4) is 0 Å². The van der Waals surface area contributed by atoms with Gasteiger partial charge in [0.1, 0.15) is 0 Å². The Labute approximate surface area is 99.1 Å². The molecular formula is C12H26N2O2. The number of nitrogens with one attached hydrogen (secondary N) is 2. The maximum absolute atomic E-state index is 11.5. The number of amides is 2. The Hall–Kier alpha value is -0.770. The molecule has 0 bridgehead atoms. The normalized spacial score (nSPS) is 12.6. The van der Waals surface area contributed by atoms with Gasteiger partial charge in [-0.05, 0) is 19.3 Å². The van der Waals surface area contributed by atoms with Crippen molar-refractivity contribution in [3.05, 3.63) is 0 Å². The van der Waals surface area contributed by atoms with Crippen LogP contribution in [0.3, 0.4) is 0 Å². The molecule has 0 aromatic carbocycles. The molecular weight excluding hydrogens is 204 g/mol. The van der Waals surface area contributed by atoms with E-state index in [1.807, 2.05) is 6.92 Å². The van der Waals surface area contributed by atoms with Gasteiger partial charge in [-0.15, -0.1) is 0 Å². The topological polar surface area (TPSA) is 50.4 Å². The molecule has 4 heteroatoms. The fourth-order valence-electron chi connectivity index (χ4n) is 1.24. The van der Waals surface area contributed by atoms with Crippen molar-refractivity contribution in [3.63, 3.8) is 0 Å². The van der Waals surface area contributed by atoms with E-state index in [2.05, 4.69) is 31.4 Å². The molecule has 1 atom stereocenters. The second-order valence-corrected chi connectivity index (χ2v) is 4.26. The van der Waals surface area contributed by atoms with Crippen LogP contribution in [0, 0.1) is 5.92 Å². The number of unbranched alkanes of at least 4 members (excludes halogenated alkanes) is 1. The number of urea groups is 1. The first-order valence-electron chi connectivity index (χ1n) is 6.23. The summed E-state index contributed by atoms with van der Waals surface area (Å²) in [4.78, 5) is 11.5. The number of rotatable bonds is 8. The highest BCUT2D eigenvalue weighted by Crippen LogP contribution is 2.02. The van der Waals surface area contributed by atoms with E-state index >= 15 is 0 Å². The summed E-state index contributed by atoms with van der Waals surface area (Å²) in [6.07, 6.45) is 2.11. The van der Waals surface area contributed by atoms with Gasteiger partial charge in [0.05, 0.1) is 12.6 Å². The molecule has 0 aliphatic rings. The third-order valence-corrected chi connectivity index (χ3v) is 2.44. The summed E-state index contributed by atoms with van der Waals surface area (Å²) in [5.41, 5.74) is 0. The van der Waals surface area contributed by atoms with Gasteiger partial charge in [0.15, 0.2) is 0 Å². The summed E-state index contributed by atoms with van der Waals surface area (Å²) >= 11 is 0. The van der Waals surface area contributed by atoms with Crippen LogP contribution in [0.25, 0.3) is 0 Å². The predicted octanol–water partition coefficient (Wildman–Crippen LogP) is 2.15. The lowest BCUT2D eigenvalue weighted by Crippen LogP contribution is -2.47. The first-order chi connectivity index (χ1) is 7.61. The van der Waals surface area contributed by atoms with Gasteiger partial charge in [0, 0.05) is 13.2 Å². The Kier molecular flexibility index (Phi) is 9.00.